The van der Waals surface area contributed by atoms with Crippen LogP contribution in [-0.2, 0) is 16.0 Å². The molecule has 3 rings (SSSR count). The SMILES string of the molecule is Cc1ccc(CCN2CC(C(=O)NCC(c3ccccc3)N(C)C)CC2=O)cc1. The number of benzene rings is 2. The van der Waals surface area contributed by atoms with Gasteiger partial charge in [0, 0.05) is 26.1 Å². The molecule has 0 aliphatic carbocycles. The standard InChI is InChI=1S/C24H31N3O2/c1-18-9-11-19(12-10-18)13-14-27-17-21(15-23(27)28)24(29)25-16-22(26(2)3)20-7-5-4-6-8-20/h4-12,21-22H,13-17H2,1-3H3,(H,25,29). The number of nitrogens with one attached hydrogen (secondary N) is 1. The third kappa shape index (κ3) is 5.67. The van der Waals surface area contributed by atoms with Gasteiger partial charge >= 0.3 is 0 Å². The number of carbonyl (C=O) groups is 2. The van der Waals surface area contributed by atoms with Crippen LogP contribution in [0.15, 0.2) is 54.6 Å². The normalized spacial score (nSPS) is 17.6. The van der Waals surface area contributed by atoms with Gasteiger partial charge in [0.15, 0.2) is 0 Å². The zero-order valence-electron chi connectivity index (χ0n) is 17.6. The lowest BCUT2D eigenvalue weighted by Gasteiger charge is -2.25. The average molecular weight is 394 g/mol. The highest BCUT2D eigenvalue weighted by Crippen LogP contribution is 2.20. The summed E-state index contributed by atoms with van der Waals surface area (Å²) in [7, 11) is 4.02. The number of likely N-dealkylation sites (tertiary alicyclic amines) is 1. The molecule has 0 spiro atoms. The third-order valence-corrected chi connectivity index (χ3v) is 5.65. The Morgan fingerprint density at radius 2 is 1.83 bits per heavy atom. The zero-order valence-corrected chi connectivity index (χ0v) is 17.6. The summed E-state index contributed by atoms with van der Waals surface area (Å²) in [6, 6.07) is 18.6. The molecule has 5 heteroatoms. The van der Waals surface area contributed by atoms with Gasteiger partial charge in [-0.3, -0.25) is 9.59 Å². The van der Waals surface area contributed by atoms with Crippen LogP contribution in [0.5, 0.6) is 0 Å². The Morgan fingerprint density at radius 3 is 2.48 bits per heavy atom. The molecule has 1 N–H and O–H groups in total. The fraction of sp³-hybridized carbons (Fsp3) is 0.417. The Morgan fingerprint density at radius 1 is 1.14 bits per heavy atom. The highest BCUT2D eigenvalue weighted by atomic mass is 16.2. The van der Waals surface area contributed by atoms with E-state index in [1.54, 1.807) is 0 Å². The fourth-order valence-electron chi connectivity index (χ4n) is 3.80. The lowest BCUT2D eigenvalue weighted by atomic mass is 10.0. The van der Waals surface area contributed by atoms with Gasteiger partial charge in [-0.25, -0.2) is 0 Å². The zero-order chi connectivity index (χ0) is 20.8. The molecule has 0 aromatic heterocycles. The van der Waals surface area contributed by atoms with Gasteiger partial charge in [-0.05, 0) is 38.6 Å². The van der Waals surface area contributed by atoms with E-state index in [4.69, 9.17) is 0 Å². The summed E-state index contributed by atoms with van der Waals surface area (Å²) in [6.07, 6.45) is 1.12. The van der Waals surface area contributed by atoms with E-state index >= 15 is 0 Å². The molecule has 0 saturated carbocycles. The van der Waals surface area contributed by atoms with Crippen LogP contribution in [0.2, 0.25) is 0 Å². The quantitative estimate of drug-likeness (QED) is 0.750. The first kappa shape index (κ1) is 21.1. The predicted molar refractivity (Wildman–Crippen MR) is 115 cm³/mol. The first-order chi connectivity index (χ1) is 13.9. The highest BCUT2D eigenvalue weighted by molar-refractivity contribution is 5.89. The summed E-state index contributed by atoms with van der Waals surface area (Å²) >= 11 is 0. The third-order valence-electron chi connectivity index (χ3n) is 5.65. The molecule has 2 amide bonds. The topological polar surface area (TPSA) is 52.7 Å². The number of hydrogen-bond donors (Lipinski definition) is 1. The van der Waals surface area contributed by atoms with Crippen molar-refractivity contribution in [1.29, 1.82) is 0 Å². The van der Waals surface area contributed by atoms with Gasteiger partial charge in [0.05, 0.1) is 12.0 Å². The molecule has 2 aromatic rings. The Kier molecular flexibility index (Phi) is 7.04. The molecule has 5 nitrogen and oxygen atoms in total. The largest absolute Gasteiger partial charge is 0.354 e. The summed E-state index contributed by atoms with van der Waals surface area (Å²) in [5, 5.41) is 3.07. The molecule has 2 unspecified atom stereocenters. The minimum atomic E-state index is -0.265. The van der Waals surface area contributed by atoms with Crippen molar-refractivity contribution in [2.45, 2.75) is 25.8 Å². The molecule has 0 bridgehead atoms. The fourth-order valence-corrected chi connectivity index (χ4v) is 3.80. The van der Waals surface area contributed by atoms with E-state index in [2.05, 4.69) is 53.5 Å². The molecule has 0 radical (unpaired) electrons. The first-order valence-electron chi connectivity index (χ1n) is 10.3. The molecule has 2 atom stereocenters. The lowest BCUT2D eigenvalue weighted by molar-refractivity contribution is -0.129. The van der Waals surface area contributed by atoms with Crippen molar-refractivity contribution in [1.82, 2.24) is 15.1 Å². The van der Waals surface area contributed by atoms with E-state index in [9.17, 15) is 9.59 Å². The van der Waals surface area contributed by atoms with E-state index in [0.717, 1.165) is 6.42 Å². The molecule has 1 heterocycles. The van der Waals surface area contributed by atoms with Crippen molar-refractivity contribution in [3.05, 3.63) is 71.3 Å². The Balaban J connectivity index is 1.51. The van der Waals surface area contributed by atoms with Crippen LogP contribution >= 0.6 is 0 Å². The van der Waals surface area contributed by atoms with Crippen molar-refractivity contribution in [2.75, 3.05) is 33.7 Å². The van der Waals surface area contributed by atoms with Gasteiger partial charge in [-0.15, -0.1) is 0 Å². The van der Waals surface area contributed by atoms with Crippen molar-refractivity contribution in [3.63, 3.8) is 0 Å². The Hall–Kier alpha value is -2.66. The van der Waals surface area contributed by atoms with E-state index in [-0.39, 0.29) is 23.8 Å². The van der Waals surface area contributed by atoms with Gasteiger partial charge in [0.25, 0.3) is 0 Å². The summed E-state index contributed by atoms with van der Waals surface area (Å²) in [5.41, 5.74) is 3.61. The molecule has 154 valence electrons. The molecule has 29 heavy (non-hydrogen) atoms. The Labute approximate surface area is 173 Å². The van der Waals surface area contributed by atoms with Gasteiger partial charge in [-0.2, -0.15) is 0 Å². The van der Waals surface area contributed by atoms with E-state index in [1.807, 2.05) is 37.2 Å². The summed E-state index contributed by atoms with van der Waals surface area (Å²) in [5.74, 6) is -0.220. The van der Waals surface area contributed by atoms with Gasteiger partial charge in [-0.1, -0.05) is 60.2 Å². The van der Waals surface area contributed by atoms with Crippen LogP contribution in [0.25, 0.3) is 0 Å². The van der Waals surface area contributed by atoms with Crippen molar-refractivity contribution < 1.29 is 9.59 Å². The molecule has 2 aromatic carbocycles. The lowest BCUT2D eigenvalue weighted by Crippen LogP contribution is -2.38. The summed E-state index contributed by atoms with van der Waals surface area (Å²) in [4.78, 5) is 29.0. The van der Waals surface area contributed by atoms with Crippen LogP contribution < -0.4 is 5.32 Å². The van der Waals surface area contributed by atoms with Crippen LogP contribution in [-0.4, -0.2) is 55.3 Å². The summed E-state index contributed by atoms with van der Waals surface area (Å²) in [6.45, 7) is 3.77. The van der Waals surface area contributed by atoms with Crippen LogP contribution in [0, 0.1) is 12.8 Å². The maximum absolute atomic E-state index is 12.7. The van der Waals surface area contributed by atoms with Crippen molar-refractivity contribution in [3.8, 4) is 0 Å². The van der Waals surface area contributed by atoms with Crippen LogP contribution in [0.3, 0.4) is 0 Å². The molecular formula is C24H31N3O2. The number of amides is 2. The number of rotatable bonds is 8. The predicted octanol–water partition coefficient (Wildman–Crippen LogP) is 2.81. The Bertz CT molecular complexity index is 818. The molecule has 1 aliphatic heterocycles. The molecule has 1 aliphatic rings. The maximum atomic E-state index is 12.7. The minimum absolute atomic E-state index is 0.0287. The van der Waals surface area contributed by atoms with E-state index in [1.165, 1.54) is 16.7 Å². The van der Waals surface area contributed by atoms with Crippen molar-refractivity contribution >= 4 is 11.8 Å². The monoisotopic (exact) mass is 393 g/mol. The van der Waals surface area contributed by atoms with Crippen LogP contribution in [0.4, 0.5) is 0 Å². The van der Waals surface area contributed by atoms with Gasteiger partial charge < -0.3 is 15.1 Å². The van der Waals surface area contributed by atoms with Gasteiger partial charge in [0.1, 0.15) is 0 Å². The second kappa shape index (κ2) is 9.70. The first-order valence-corrected chi connectivity index (χ1v) is 10.3. The van der Waals surface area contributed by atoms with Crippen molar-refractivity contribution in [2.24, 2.45) is 5.92 Å². The molecular weight excluding hydrogens is 362 g/mol. The maximum Gasteiger partial charge on any atom is 0.225 e. The van der Waals surface area contributed by atoms with Gasteiger partial charge in [0.2, 0.25) is 11.8 Å². The number of carbonyl (C=O) groups excluding carboxylic acids is 2. The molecule has 1 saturated heterocycles. The number of aryl methyl sites for hydroxylation is 1. The molecule has 1 fully saturated rings. The highest BCUT2D eigenvalue weighted by Gasteiger charge is 2.34. The smallest absolute Gasteiger partial charge is 0.225 e. The second-order valence-corrected chi connectivity index (χ2v) is 8.11. The second-order valence-electron chi connectivity index (χ2n) is 8.11. The van der Waals surface area contributed by atoms with E-state index in [0.29, 0.717) is 26.1 Å². The minimum Gasteiger partial charge on any atom is -0.354 e. The average Bonchev–Trinajstić information content (AvgIpc) is 3.09. The summed E-state index contributed by atoms with van der Waals surface area (Å²) < 4.78 is 0. The number of hydrogen-bond acceptors (Lipinski definition) is 3. The van der Waals surface area contributed by atoms with E-state index < -0.39 is 0 Å². The van der Waals surface area contributed by atoms with Crippen LogP contribution in [0.1, 0.15) is 29.2 Å². The number of nitrogens with zero attached hydrogens (tertiary/aromatic N) is 2. The number of likely N-dealkylation sites (N-methyl/N-ethyl adjacent to an activating group) is 1.